The topological polar surface area (TPSA) is 42.2 Å². The van der Waals surface area contributed by atoms with Crippen LogP contribution in [0.2, 0.25) is 0 Å². The molecule has 16 heavy (non-hydrogen) atoms. The number of nitriles is 1. The molecule has 1 fully saturated rings. The lowest BCUT2D eigenvalue weighted by atomic mass is 10.1. The Balaban J connectivity index is 1.94. The van der Waals surface area contributed by atoms with Gasteiger partial charge in [-0.15, -0.1) is 0 Å². The summed E-state index contributed by atoms with van der Waals surface area (Å²) in [6.45, 7) is 3.36. The van der Waals surface area contributed by atoms with Gasteiger partial charge in [0, 0.05) is 6.61 Å². The van der Waals surface area contributed by atoms with Gasteiger partial charge in [0.2, 0.25) is 0 Å². The van der Waals surface area contributed by atoms with E-state index in [1.54, 1.807) is 6.07 Å². The van der Waals surface area contributed by atoms with Crippen molar-refractivity contribution in [1.82, 2.24) is 0 Å². The van der Waals surface area contributed by atoms with E-state index >= 15 is 0 Å². The minimum atomic E-state index is 0.232. The highest BCUT2D eigenvalue weighted by atomic mass is 16.5. The Bertz CT molecular complexity index is 403. The van der Waals surface area contributed by atoms with E-state index in [-0.39, 0.29) is 6.10 Å². The Labute approximate surface area is 95.6 Å². The minimum absolute atomic E-state index is 0.232. The second-order valence-corrected chi connectivity index (χ2v) is 4.03. The summed E-state index contributed by atoms with van der Waals surface area (Å²) in [5.74, 6) is 0.812. The molecule has 1 aromatic rings. The predicted molar refractivity (Wildman–Crippen MR) is 60.4 cm³/mol. The molecule has 0 aromatic heterocycles. The van der Waals surface area contributed by atoms with Crippen LogP contribution >= 0.6 is 0 Å². The summed E-state index contributed by atoms with van der Waals surface area (Å²) in [4.78, 5) is 0. The standard InChI is InChI=1S/C13H15NO2/c1-10-7-12(5-4-11(10)8-14)16-9-13-3-2-6-15-13/h4-5,7,13H,2-3,6,9H2,1H3. The highest BCUT2D eigenvalue weighted by Crippen LogP contribution is 2.18. The quantitative estimate of drug-likeness (QED) is 0.780. The number of hydrogen-bond acceptors (Lipinski definition) is 3. The van der Waals surface area contributed by atoms with Gasteiger partial charge >= 0.3 is 0 Å². The van der Waals surface area contributed by atoms with Crippen molar-refractivity contribution in [3.05, 3.63) is 29.3 Å². The fourth-order valence-corrected chi connectivity index (χ4v) is 1.82. The molecule has 0 aliphatic carbocycles. The molecule has 0 spiro atoms. The maximum absolute atomic E-state index is 8.80. The second kappa shape index (κ2) is 5.00. The van der Waals surface area contributed by atoms with Crippen LogP contribution in [0, 0.1) is 18.3 Å². The molecule has 0 bridgehead atoms. The molecule has 1 unspecified atom stereocenters. The Kier molecular flexibility index (Phi) is 3.43. The lowest BCUT2D eigenvalue weighted by molar-refractivity contribution is 0.0679. The molecule has 1 atom stereocenters. The number of ether oxygens (including phenoxy) is 2. The van der Waals surface area contributed by atoms with E-state index in [9.17, 15) is 0 Å². The van der Waals surface area contributed by atoms with Crippen LogP contribution in [0.25, 0.3) is 0 Å². The van der Waals surface area contributed by atoms with Crippen molar-refractivity contribution in [2.24, 2.45) is 0 Å². The third-order valence-electron chi connectivity index (χ3n) is 2.78. The molecule has 1 heterocycles. The summed E-state index contributed by atoms with van der Waals surface area (Å²) in [5, 5.41) is 8.80. The average molecular weight is 217 g/mol. The maximum Gasteiger partial charge on any atom is 0.119 e. The molecule has 3 heteroatoms. The number of nitrogens with zero attached hydrogens (tertiary/aromatic N) is 1. The monoisotopic (exact) mass is 217 g/mol. The van der Waals surface area contributed by atoms with Crippen LogP contribution in [0.1, 0.15) is 24.0 Å². The van der Waals surface area contributed by atoms with Crippen molar-refractivity contribution >= 4 is 0 Å². The fraction of sp³-hybridized carbons (Fsp3) is 0.462. The first kappa shape index (κ1) is 11.0. The molecule has 1 aliphatic rings. The molecular weight excluding hydrogens is 202 g/mol. The van der Waals surface area contributed by atoms with Crippen molar-refractivity contribution < 1.29 is 9.47 Å². The van der Waals surface area contributed by atoms with Crippen LogP contribution < -0.4 is 4.74 Å². The first-order valence-electron chi connectivity index (χ1n) is 5.55. The van der Waals surface area contributed by atoms with Crippen LogP contribution in [-0.4, -0.2) is 19.3 Å². The lowest BCUT2D eigenvalue weighted by Gasteiger charge is -2.11. The zero-order chi connectivity index (χ0) is 11.4. The predicted octanol–water partition coefficient (Wildman–Crippen LogP) is 2.42. The highest BCUT2D eigenvalue weighted by molar-refractivity contribution is 5.41. The number of benzene rings is 1. The lowest BCUT2D eigenvalue weighted by Crippen LogP contribution is -2.16. The largest absolute Gasteiger partial charge is 0.491 e. The van der Waals surface area contributed by atoms with Crippen LogP contribution in [0.5, 0.6) is 5.75 Å². The van der Waals surface area contributed by atoms with E-state index in [4.69, 9.17) is 14.7 Å². The molecule has 1 aliphatic heterocycles. The minimum Gasteiger partial charge on any atom is -0.491 e. The smallest absolute Gasteiger partial charge is 0.119 e. The molecule has 2 rings (SSSR count). The molecular formula is C13H15NO2. The summed E-state index contributed by atoms with van der Waals surface area (Å²) >= 11 is 0. The van der Waals surface area contributed by atoms with E-state index in [0.29, 0.717) is 12.2 Å². The van der Waals surface area contributed by atoms with E-state index in [2.05, 4.69) is 6.07 Å². The zero-order valence-electron chi connectivity index (χ0n) is 9.40. The van der Waals surface area contributed by atoms with Crippen molar-refractivity contribution in [3.63, 3.8) is 0 Å². The summed E-state index contributed by atoms with van der Waals surface area (Å²) < 4.78 is 11.1. The normalized spacial score (nSPS) is 19.4. The van der Waals surface area contributed by atoms with Crippen molar-refractivity contribution in [2.45, 2.75) is 25.9 Å². The first-order chi connectivity index (χ1) is 7.79. The van der Waals surface area contributed by atoms with Crippen LogP contribution in [0.4, 0.5) is 0 Å². The number of aryl methyl sites for hydroxylation is 1. The summed E-state index contributed by atoms with van der Waals surface area (Å²) in [5.41, 5.74) is 1.65. The van der Waals surface area contributed by atoms with Gasteiger partial charge in [0.25, 0.3) is 0 Å². The molecule has 0 saturated carbocycles. The number of hydrogen-bond donors (Lipinski definition) is 0. The maximum atomic E-state index is 8.80. The van der Waals surface area contributed by atoms with Gasteiger partial charge in [-0.1, -0.05) is 0 Å². The Morgan fingerprint density at radius 2 is 2.44 bits per heavy atom. The SMILES string of the molecule is Cc1cc(OCC2CCCO2)ccc1C#N. The Morgan fingerprint density at radius 3 is 3.06 bits per heavy atom. The van der Waals surface area contributed by atoms with Gasteiger partial charge in [0.1, 0.15) is 12.4 Å². The van der Waals surface area contributed by atoms with Gasteiger partial charge in [-0.3, -0.25) is 0 Å². The van der Waals surface area contributed by atoms with Gasteiger partial charge in [-0.05, 0) is 43.5 Å². The van der Waals surface area contributed by atoms with Gasteiger partial charge in [0.05, 0.1) is 17.7 Å². The third kappa shape index (κ3) is 2.53. The van der Waals surface area contributed by atoms with Crippen LogP contribution in [0.15, 0.2) is 18.2 Å². The van der Waals surface area contributed by atoms with Crippen molar-refractivity contribution in [1.29, 1.82) is 5.26 Å². The second-order valence-electron chi connectivity index (χ2n) is 4.03. The van der Waals surface area contributed by atoms with Gasteiger partial charge in [-0.2, -0.15) is 5.26 Å². The first-order valence-corrected chi connectivity index (χ1v) is 5.55. The van der Waals surface area contributed by atoms with Crippen LogP contribution in [-0.2, 0) is 4.74 Å². The molecule has 0 amide bonds. The average Bonchev–Trinajstić information content (AvgIpc) is 2.79. The van der Waals surface area contributed by atoms with Crippen LogP contribution in [0.3, 0.4) is 0 Å². The summed E-state index contributed by atoms with van der Waals surface area (Å²) in [6.07, 6.45) is 2.44. The summed E-state index contributed by atoms with van der Waals surface area (Å²) in [7, 11) is 0. The van der Waals surface area contributed by atoms with E-state index in [1.807, 2.05) is 19.1 Å². The fourth-order valence-electron chi connectivity index (χ4n) is 1.82. The van der Waals surface area contributed by atoms with Gasteiger partial charge in [0.15, 0.2) is 0 Å². The molecule has 1 saturated heterocycles. The molecule has 0 radical (unpaired) electrons. The van der Waals surface area contributed by atoms with Crippen molar-refractivity contribution in [2.75, 3.05) is 13.2 Å². The van der Waals surface area contributed by atoms with E-state index in [0.717, 1.165) is 30.8 Å². The summed E-state index contributed by atoms with van der Waals surface area (Å²) in [6, 6.07) is 7.66. The molecule has 0 N–H and O–H groups in total. The van der Waals surface area contributed by atoms with E-state index < -0.39 is 0 Å². The van der Waals surface area contributed by atoms with Crippen molar-refractivity contribution in [3.8, 4) is 11.8 Å². The molecule has 3 nitrogen and oxygen atoms in total. The zero-order valence-corrected chi connectivity index (χ0v) is 9.40. The van der Waals surface area contributed by atoms with Gasteiger partial charge < -0.3 is 9.47 Å². The Morgan fingerprint density at radius 1 is 1.56 bits per heavy atom. The Hall–Kier alpha value is -1.53. The molecule has 84 valence electrons. The highest BCUT2D eigenvalue weighted by Gasteiger charge is 2.15. The third-order valence-corrected chi connectivity index (χ3v) is 2.78. The number of rotatable bonds is 3. The molecule has 1 aromatic carbocycles. The van der Waals surface area contributed by atoms with E-state index in [1.165, 1.54) is 0 Å². The van der Waals surface area contributed by atoms with Gasteiger partial charge in [-0.25, -0.2) is 0 Å².